The van der Waals surface area contributed by atoms with E-state index in [2.05, 4.69) is 37.9 Å². The van der Waals surface area contributed by atoms with Crippen LogP contribution in [0.4, 0.5) is 0 Å². The molecule has 1 saturated heterocycles. The Kier molecular flexibility index (Phi) is 8.09. The van der Waals surface area contributed by atoms with E-state index < -0.39 is 10.0 Å². The number of nitrogens with one attached hydrogen (secondary N) is 1. The lowest BCUT2D eigenvalue weighted by Gasteiger charge is -2.34. The molecule has 1 amide bonds. The summed E-state index contributed by atoms with van der Waals surface area (Å²) in [5, 5.41) is 3.18. The monoisotopic (exact) mass is 457 g/mol. The number of sulfonamides is 1. The fourth-order valence-electron chi connectivity index (χ4n) is 4.28. The van der Waals surface area contributed by atoms with E-state index in [1.165, 1.54) is 0 Å². The molecule has 0 spiro atoms. The number of hydrogen-bond acceptors (Lipinski definition) is 4. The average molecular weight is 458 g/mol. The molecule has 0 saturated carbocycles. The lowest BCUT2D eigenvalue weighted by atomic mass is 9.93. The van der Waals surface area contributed by atoms with Gasteiger partial charge in [0.05, 0.1) is 4.90 Å². The molecular weight excluding hydrogens is 422 g/mol. The highest BCUT2D eigenvalue weighted by Crippen LogP contribution is 2.19. The first-order valence-corrected chi connectivity index (χ1v) is 12.8. The third-order valence-electron chi connectivity index (χ3n) is 6.04. The lowest BCUT2D eigenvalue weighted by Crippen LogP contribution is -2.48. The second kappa shape index (κ2) is 10.6. The predicted molar refractivity (Wildman–Crippen MR) is 128 cm³/mol. The molecule has 3 rings (SSSR count). The minimum atomic E-state index is -3.45. The van der Waals surface area contributed by atoms with Gasteiger partial charge in [0.1, 0.15) is 0 Å². The van der Waals surface area contributed by atoms with Gasteiger partial charge in [-0.25, -0.2) is 8.42 Å². The summed E-state index contributed by atoms with van der Waals surface area (Å²) in [5.41, 5.74) is 1.72. The molecular formula is C25H35N3O3S. The maximum absolute atomic E-state index is 12.8. The summed E-state index contributed by atoms with van der Waals surface area (Å²) in [6.07, 6.45) is 0. The maximum atomic E-state index is 12.8. The van der Waals surface area contributed by atoms with Gasteiger partial charge in [0, 0.05) is 44.3 Å². The van der Waals surface area contributed by atoms with Crippen LogP contribution >= 0.6 is 0 Å². The molecule has 32 heavy (non-hydrogen) atoms. The van der Waals surface area contributed by atoms with E-state index in [1.54, 1.807) is 28.6 Å². The zero-order chi connectivity index (χ0) is 23.3. The maximum Gasteiger partial charge on any atom is 0.251 e. The van der Waals surface area contributed by atoms with Crippen molar-refractivity contribution in [1.29, 1.82) is 0 Å². The quantitative estimate of drug-likeness (QED) is 0.658. The fourth-order valence-corrected chi connectivity index (χ4v) is 5.72. The summed E-state index contributed by atoms with van der Waals surface area (Å²) in [6, 6.07) is 16.5. The fraction of sp³-hybridized carbons (Fsp3) is 0.480. The predicted octanol–water partition coefficient (Wildman–Crippen LogP) is 3.60. The van der Waals surface area contributed by atoms with Crippen molar-refractivity contribution in [2.24, 2.45) is 11.8 Å². The van der Waals surface area contributed by atoms with Crippen LogP contribution in [0.15, 0.2) is 59.5 Å². The van der Waals surface area contributed by atoms with Crippen LogP contribution in [0, 0.1) is 11.8 Å². The normalized spacial score (nSPS) is 16.1. The van der Waals surface area contributed by atoms with Crippen LogP contribution < -0.4 is 5.32 Å². The first kappa shape index (κ1) is 24.4. The summed E-state index contributed by atoms with van der Waals surface area (Å²) in [5.74, 6) is 0.689. The van der Waals surface area contributed by atoms with Crippen molar-refractivity contribution in [3.05, 3.63) is 65.7 Å². The van der Waals surface area contributed by atoms with Gasteiger partial charge in [-0.2, -0.15) is 4.31 Å². The van der Waals surface area contributed by atoms with Crippen LogP contribution in [0.1, 0.15) is 43.6 Å². The summed E-state index contributed by atoms with van der Waals surface area (Å²) < 4.78 is 27.2. The standard InChI is InChI=1S/C25H35N3O3S/c1-19(2)24(20(3)4)26-25(29)22-10-8-9-21(17-22)18-27-13-15-28(16-14-27)32(30,31)23-11-6-5-7-12-23/h5-12,17,19-20,24H,13-16,18H2,1-4H3,(H,26,29). The molecule has 7 heteroatoms. The Morgan fingerprint density at radius 1 is 0.906 bits per heavy atom. The molecule has 0 unspecified atom stereocenters. The van der Waals surface area contributed by atoms with Gasteiger partial charge in [0.25, 0.3) is 5.91 Å². The van der Waals surface area contributed by atoms with E-state index in [9.17, 15) is 13.2 Å². The molecule has 0 atom stereocenters. The van der Waals surface area contributed by atoms with Crippen molar-refractivity contribution < 1.29 is 13.2 Å². The summed E-state index contributed by atoms with van der Waals surface area (Å²) in [4.78, 5) is 15.4. The Bertz CT molecular complexity index is 990. The molecule has 0 aliphatic carbocycles. The van der Waals surface area contributed by atoms with Crippen LogP contribution in [0.2, 0.25) is 0 Å². The van der Waals surface area contributed by atoms with E-state index in [-0.39, 0.29) is 11.9 Å². The van der Waals surface area contributed by atoms with Gasteiger partial charge in [0.2, 0.25) is 10.0 Å². The summed E-state index contributed by atoms with van der Waals surface area (Å²) >= 11 is 0. The van der Waals surface area contributed by atoms with E-state index in [1.807, 2.05) is 30.3 Å². The van der Waals surface area contributed by atoms with Gasteiger partial charge < -0.3 is 5.32 Å². The molecule has 1 fully saturated rings. The molecule has 174 valence electrons. The highest BCUT2D eigenvalue weighted by atomic mass is 32.2. The highest BCUT2D eigenvalue weighted by molar-refractivity contribution is 7.89. The summed E-state index contributed by atoms with van der Waals surface area (Å²) in [7, 11) is -3.45. The molecule has 0 aromatic heterocycles. The Morgan fingerprint density at radius 3 is 2.12 bits per heavy atom. The largest absolute Gasteiger partial charge is 0.349 e. The molecule has 2 aromatic rings. The number of carbonyl (C=O) groups excluding carboxylic acids is 1. The second-order valence-electron chi connectivity index (χ2n) is 9.18. The van der Waals surface area contributed by atoms with Gasteiger partial charge in [-0.05, 0) is 41.7 Å². The van der Waals surface area contributed by atoms with E-state index in [0.29, 0.717) is 55.0 Å². The zero-order valence-corrected chi connectivity index (χ0v) is 20.3. The minimum absolute atomic E-state index is 0.0435. The van der Waals surface area contributed by atoms with Crippen LogP contribution in [0.5, 0.6) is 0 Å². The molecule has 1 aliphatic heterocycles. The van der Waals surface area contributed by atoms with E-state index in [4.69, 9.17) is 0 Å². The lowest BCUT2D eigenvalue weighted by molar-refractivity contribution is 0.0910. The first-order chi connectivity index (χ1) is 15.2. The van der Waals surface area contributed by atoms with Crippen LogP contribution in [0.3, 0.4) is 0 Å². The zero-order valence-electron chi connectivity index (χ0n) is 19.5. The Morgan fingerprint density at radius 2 is 1.53 bits per heavy atom. The third kappa shape index (κ3) is 5.97. The minimum Gasteiger partial charge on any atom is -0.349 e. The van der Waals surface area contributed by atoms with Crippen molar-refractivity contribution in [2.75, 3.05) is 26.2 Å². The van der Waals surface area contributed by atoms with Crippen LogP contribution in [-0.2, 0) is 16.6 Å². The van der Waals surface area contributed by atoms with E-state index in [0.717, 1.165) is 5.56 Å². The number of rotatable bonds is 8. The van der Waals surface area contributed by atoms with Crippen molar-refractivity contribution in [2.45, 2.75) is 45.2 Å². The summed E-state index contributed by atoms with van der Waals surface area (Å²) in [6.45, 7) is 11.4. The number of nitrogens with zero attached hydrogens (tertiary/aromatic N) is 2. The van der Waals surface area contributed by atoms with Crippen molar-refractivity contribution in [3.63, 3.8) is 0 Å². The molecule has 0 bridgehead atoms. The van der Waals surface area contributed by atoms with Crippen LogP contribution in [-0.4, -0.2) is 55.8 Å². The smallest absolute Gasteiger partial charge is 0.251 e. The Balaban J connectivity index is 1.59. The van der Waals surface area contributed by atoms with Gasteiger partial charge in [-0.3, -0.25) is 9.69 Å². The number of hydrogen-bond donors (Lipinski definition) is 1. The number of carbonyl (C=O) groups is 1. The Labute approximate surface area is 192 Å². The van der Waals surface area contributed by atoms with Gasteiger partial charge in [0.15, 0.2) is 0 Å². The van der Waals surface area contributed by atoms with Crippen molar-refractivity contribution >= 4 is 15.9 Å². The van der Waals surface area contributed by atoms with Gasteiger partial charge in [-0.1, -0.05) is 58.0 Å². The van der Waals surface area contributed by atoms with Crippen molar-refractivity contribution in [3.8, 4) is 0 Å². The second-order valence-corrected chi connectivity index (χ2v) is 11.1. The number of amides is 1. The molecule has 1 N–H and O–H groups in total. The topological polar surface area (TPSA) is 69.7 Å². The molecule has 2 aromatic carbocycles. The first-order valence-electron chi connectivity index (χ1n) is 11.4. The van der Waals surface area contributed by atoms with Crippen molar-refractivity contribution in [1.82, 2.24) is 14.5 Å². The Hall–Kier alpha value is -2.22. The third-order valence-corrected chi connectivity index (χ3v) is 7.95. The molecule has 6 nitrogen and oxygen atoms in total. The van der Waals surface area contributed by atoms with Gasteiger partial charge >= 0.3 is 0 Å². The van der Waals surface area contributed by atoms with E-state index >= 15 is 0 Å². The SMILES string of the molecule is CC(C)C(NC(=O)c1cccc(CN2CCN(S(=O)(=O)c3ccccc3)CC2)c1)C(C)C. The molecule has 0 radical (unpaired) electrons. The van der Waals surface area contributed by atoms with Gasteiger partial charge in [-0.15, -0.1) is 0 Å². The number of benzene rings is 2. The average Bonchev–Trinajstić information content (AvgIpc) is 2.78. The molecule has 1 heterocycles. The number of piperazine rings is 1. The van der Waals surface area contributed by atoms with Crippen LogP contribution in [0.25, 0.3) is 0 Å². The molecule has 1 aliphatic rings. The highest BCUT2D eigenvalue weighted by Gasteiger charge is 2.28.